The van der Waals surface area contributed by atoms with Crippen molar-refractivity contribution in [1.29, 1.82) is 0 Å². The van der Waals surface area contributed by atoms with Crippen molar-refractivity contribution < 1.29 is 9.47 Å². The van der Waals surface area contributed by atoms with Gasteiger partial charge in [-0.05, 0) is 30.7 Å². The summed E-state index contributed by atoms with van der Waals surface area (Å²) in [5.41, 5.74) is 1.11. The van der Waals surface area contributed by atoms with Crippen LogP contribution in [-0.4, -0.2) is 25.8 Å². The fourth-order valence-electron chi connectivity index (χ4n) is 1.62. The van der Waals surface area contributed by atoms with Crippen LogP contribution in [0.1, 0.15) is 12.5 Å². The number of nitrogens with one attached hydrogen (secondary N) is 1. The Morgan fingerprint density at radius 2 is 2.19 bits per heavy atom. The van der Waals surface area contributed by atoms with Gasteiger partial charge in [0.05, 0.1) is 19.3 Å². The molecule has 0 aromatic heterocycles. The zero-order valence-electron chi connectivity index (χ0n) is 9.55. The van der Waals surface area contributed by atoms with Gasteiger partial charge in [-0.1, -0.05) is 15.9 Å². The predicted molar refractivity (Wildman–Crippen MR) is 66.8 cm³/mol. The van der Waals surface area contributed by atoms with E-state index in [4.69, 9.17) is 9.47 Å². The number of rotatable bonds is 4. The summed E-state index contributed by atoms with van der Waals surface area (Å²) in [7, 11) is 1.67. The summed E-state index contributed by atoms with van der Waals surface area (Å²) in [5.74, 6) is 0.860. The lowest BCUT2D eigenvalue weighted by atomic mass is 10.00. The Morgan fingerprint density at radius 1 is 1.44 bits per heavy atom. The van der Waals surface area contributed by atoms with Crippen molar-refractivity contribution in [3.8, 4) is 5.75 Å². The van der Waals surface area contributed by atoms with Crippen LogP contribution in [0.3, 0.4) is 0 Å². The van der Waals surface area contributed by atoms with E-state index >= 15 is 0 Å². The summed E-state index contributed by atoms with van der Waals surface area (Å²) < 4.78 is 12.1. The van der Waals surface area contributed by atoms with Crippen molar-refractivity contribution in [2.24, 2.45) is 0 Å². The SMILES string of the molecule is COc1ccc(Br)c(COC2(C)CNC2)c1. The normalized spacial score (nSPS) is 17.9. The van der Waals surface area contributed by atoms with Crippen LogP contribution in [0.2, 0.25) is 0 Å². The Balaban J connectivity index is 2.02. The van der Waals surface area contributed by atoms with E-state index in [0.29, 0.717) is 6.61 Å². The maximum Gasteiger partial charge on any atom is 0.119 e. The molecule has 3 nitrogen and oxygen atoms in total. The number of hydrogen-bond acceptors (Lipinski definition) is 3. The fourth-order valence-corrected chi connectivity index (χ4v) is 1.98. The van der Waals surface area contributed by atoms with E-state index in [-0.39, 0.29) is 5.60 Å². The molecule has 0 atom stereocenters. The predicted octanol–water partition coefficient (Wildman–Crippen LogP) is 2.34. The van der Waals surface area contributed by atoms with Crippen LogP contribution in [0.25, 0.3) is 0 Å². The number of ether oxygens (including phenoxy) is 2. The van der Waals surface area contributed by atoms with Gasteiger partial charge in [0.1, 0.15) is 5.75 Å². The molecule has 16 heavy (non-hydrogen) atoms. The molecule has 2 rings (SSSR count). The number of benzene rings is 1. The largest absolute Gasteiger partial charge is 0.497 e. The molecule has 1 fully saturated rings. The van der Waals surface area contributed by atoms with Crippen molar-refractivity contribution in [2.75, 3.05) is 20.2 Å². The highest BCUT2D eigenvalue weighted by Crippen LogP contribution is 2.25. The molecular weight excluding hydrogens is 270 g/mol. The molecule has 88 valence electrons. The van der Waals surface area contributed by atoms with E-state index in [1.807, 2.05) is 18.2 Å². The lowest BCUT2D eigenvalue weighted by Crippen LogP contribution is -2.58. The molecule has 1 heterocycles. The van der Waals surface area contributed by atoms with Crippen molar-refractivity contribution in [1.82, 2.24) is 5.32 Å². The van der Waals surface area contributed by atoms with Gasteiger partial charge in [0.25, 0.3) is 0 Å². The van der Waals surface area contributed by atoms with Gasteiger partial charge in [0.15, 0.2) is 0 Å². The van der Waals surface area contributed by atoms with Gasteiger partial charge in [-0.3, -0.25) is 0 Å². The van der Waals surface area contributed by atoms with Crippen LogP contribution >= 0.6 is 15.9 Å². The number of methoxy groups -OCH3 is 1. The third-order valence-corrected chi connectivity index (χ3v) is 3.60. The molecule has 1 saturated heterocycles. The molecule has 0 spiro atoms. The third-order valence-electron chi connectivity index (χ3n) is 2.83. The lowest BCUT2D eigenvalue weighted by Gasteiger charge is -2.39. The second-order valence-corrected chi connectivity index (χ2v) is 5.15. The standard InChI is InChI=1S/C12H16BrNO2/c1-12(7-14-8-12)16-6-9-5-10(15-2)3-4-11(9)13/h3-5,14H,6-8H2,1-2H3. The van der Waals surface area contributed by atoms with Crippen molar-refractivity contribution in [2.45, 2.75) is 19.1 Å². The monoisotopic (exact) mass is 285 g/mol. The molecule has 4 heteroatoms. The van der Waals surface area contributed by atoms with E-state index in [9.17, 15) is 0 Å². The summed E-state index contributed by atoms with van der Waals surface area (Å²) in [6, 6.07) is 5.92. The first kappa shape index (κ1) is 11.9. The first-order chi connectivity index (χ1) is 7.63. The highest BCUT2D eigenvalue weighted by atomic mass is 79.9. The summed E-state index contributed by atoms with van der Waals surface area (Å²) in [4.78, 5) is 0. The molecule has 1 aliphatic rings. The highest BCUT2D eigenvalue weighted by molar-refractivity contribution is 9.10. The summed E-state index contributed by atoms with van der Waals surface area (Å²) >= 11 is 3.52. The minimum absolute atomic E-state index is 0.0114. The van der Waals surface area contributed by atoms with Crippen LogP contribution in [-0.2, 0) is 11.3 Å². The molecule has 0 unspecified atom stereocenters. The molecular formula is C12H16BrNO2. The van der Waals surface area contributed by atoms with Crippen LogP contribution in [0.4, 0.5) is 0 Å². The van der Waals surface area contributed by atoms with Crippen LogP contribution in [0.5, 0.6) is 5.75 Å². The van der Waals surface area contributed by atoms with E-state index in [1.165, 1.54) is 0 Å². The third kappa shape index (κ3) is 2.56. The number of hydrogen-bond donors (Lipinski definition) is 1. The van der Waals surface area contributed by atoms with E-state index < -0.39 is 0 Å². The second-order valence-electron chi connectivity index (χ2n) is 4.30. The Bertz CT molecular complexity index is 377. The average molecular weight is 286 g/mol. The van der Waals surface area contributed by atoms with Crippen LogP contribution < -0.4 is 10.1 Å². The first-order valence-electron chi connectivity index (χ1n) is 5.30. The zero-order chi connectivity index (χ0) is 11.6. The minimum Gasteiger partial charge on any atom is -0.497 e. The molecule has 1 aliphatic heterocycles. The van der Waals surface area contributed by atoms with Gasteiger partial charge in [-0.2, -0.15) is 0 Å². The minimum atomic E-state index is -0.0114. The van der Waals surface area contributed by atoms with Crippen molar-refractivity contribution >= 4 is 15.9 Å². The van der Waals surface area contributed by atoms with Gasteiger partial charge in [0, 0.05) is 17.6 Å². The summed E-state index contributed by atoms with van der Waals surface area (Å²) in [5, 5.41) is 3.21. The lowest BCUT2D eigenvalue weighted by molar-refractivity contribution is -0.0769. The molecule has 1 aromatic carbocycles. The average Bonchev–Trinajstić information content (AvgIpc) is 2.25. The molecule has 0 radical (unpaired) electrons. The van der Waals surface area contributed by atoms with Crippen molar-refractivity contribution in [3.63, 3.8) is 0 Å². The molecule has 0 amide bonds. The maximum atomic E-state index is 5.88. The Hall–Kier alpha value is -0.580. The molecule has 1 aromatic rings. The topological polar surface area (TPSA) is 30.5 Å². The first-order valence-corrected chi connectivity index (χ1v) is 6.09. The Kier molecular flexibility index (Phi) is 3.52. The van der Waals surface area contributed by atoms with Gasteiger partial charge in [-0.15, -0.1) is 0 Å². The highest BCUT2D eigenvalue weighted by Gasteiger charge is 2.32. The second kappa shape index (κ2) is 4.73. The smallest absolute Gasteiger partial charge is 0.119 e. The van der Waals surface area contributed by atoms with E-state index in [1.54, 1.807) is 7.11 Å². The molecule has 0 aliphatic carbocycles. The van der Waals surface area contributed by atoms with Crippen molar-refractivity contribution in [3.05, 3.63) is 28.2 Å². The Morgan fingerprint density at radius 3 is 2.75 bits per heavy atom. The molecule has 1 N–H and O–H groups in total. The zero-order valence-corrected chi connectivity index (χ0v) is 11.1. The summed E-state index contributed by atoms with van der Waals surface area (Å²) in [6.45, 7) is 4.58. The van der Waals surface area contributed by atoms with Gasteiger partial charge >= 0.3 is 0 Å². The summed E-state index contributed by atoms with van der Waals surface area (Å²) in [6.07, 6.45) is 0. The van der Waals surface area contributed by atoms with Gasteiger partial charge < -0.3 is 14.8 Å². The van der Waals surface area contributed by atoms with E-state index in [2.05, 4.69) is 28.2 Å². The van der Waals surface area contributed by atoms with Gasteiger partial charge in [0.2, 0.25) is 0 Å². The number of halogens is 1. The van der Waals surface area contributed by atoms with E-state index in [0.717, 1.165) is 28.9 Å². The maximum absolute atomic E-state index is 5.88. The quantitative estimate of drug-likeness (QED) is 0.921. The molecule has 0 saturated carbocycles. The van der Waals surface area contributed by atoms with Crippen LogP contribution in [0.15, 0.2) is 22.7 Å². The molecule has 0 bridgehead atoms. The van der Waals surface area contributed by atoms with Crippen LogP contribution in [0, 0.1) is 0 Å². The fraction of sp³-hybridized carbons (Fsp3) is 0.500. The Labute approximate surface area is 104 Å². The van der Waals surface area contributed by atoms with Gasteiger partial charge in [-0.25, -0.2) is 0 Å².